The molecule has 1 N–H and O–H groups in total. The molecule has 1 fully saturated rings. The van der Waals surface area contributed by atoms with Crippen LogP contribution in [0.2, 0.25) is 5.02 Å². The predicted octanol–water partition coefficient (Wildman–Crippen LogP) is 6.50. The van der Waals surface area contributed by atoms with E-state index in [9.17, 15) is 4.79 Å². The Morgan fingerprint density at radius 2 is 1.80 bits per heavy atom. The molecular formula is C27H26ClN5OS. The molecule has 0 radical (unpaired) electrons. The van der Waals surface area contributed by atoms with Crippen molar-refractivity contribution < 1.29 is 4.79 Å². The minimum Gasteiger partial charge on any atom is -0.299 e. The maximum Gasteiger partial charge on any atom is 0.250 e. The van der Waals surface area contributed by atoms with E-state index in [1.807, 2.05) is 54.6 Å². The van der Waals surface area contributed by atoms with Gasteiger partial charge in [-0.2, -0.15) is 5.10 Å². The number of halogens is 1. The lowest BCUT2D eigenvalue weighted by molar-refractivity contribution is -0.118. The number of hydrazone groups is 1. The van der Waals surface area contributed by atoms with E-state index < -0.39 is 0 Å². The third-order valence-electron chi connectivity index (χ3n) is 6.26. The Kier molecular flexibility index (Phi) is 7.45. The Morgan fingerprint density at radius 3 is 2.63 bits per heavy atom. The van der Waals surface area contributed by atoms with E-state index in [-0.39, 0.29) is 11.7 Å². The summed E-state index contributed by atoms with van der Waals surface area (Å²) >= 11 is 7.48. The summed E-state index contributed by atoms with van der Waals surface area (Å²) < 4.78 is 2.21. The first kappa shape index (κ1) is 23.6. The Balaban J connectivity index is 1.28. The number of benzene rings is 3. The normalized spacial score (nSPS) is 14.5. The van der Waals surface area contributed by atoms with Gasteiger partial charge in [0.05, 0.1) is 12.0 Å². The fraction of sp³-hybridized carbons (Fsp3) is 0.259. The van der Waals surface area contributed by atoms with Gasteiger partial charge in [0, 0.05) is 22.2 Å². The lowest BCUT2D eigenvalue weighted by Crippen LogP contribution is -2.20. The Hall–Kier alpha value is -3.16. The van der Waals surface area contributed by atoms with Crippen molar-refractivity contribution in [1.82, 2.24) is 20.2 Å². The highest BCUT2D eigenvalue weighted by molar-refractivity contribution is 7.99. The molecule has 5 rings (SSSR count). The molecule has 3 aromatic carbocycles. The molecule has 6 nitrogen and oxygen atoms in total. The smallest absolute Gasteiger partial charge is 0.250 e. The van der Waals surface area contributed by atoms with Gasteiger partial charge in [0.15, 0.2) is 11.0 Å². The Bertz CT molecular complexity index is 1340. The molecule has 1 heterocycles. The van der Waals surface area contributed by atoms with Gasteiger partial charge in [-0.1, -0.05) is 85.1 Å². The first-order chi connectivity index (χ1) is 17.2. The second kappa shape index (κ2) is 11.1. The summed E-state index contributed by atoms with van der Waals surface area (Å²) in [6, 6.07) is 22.1. The number of aromatic nitrogens is 3. The number of rotatable bonds is 7. The fourth-order valence-corrected chi connectivity index (χ4v) is 5.46. The lowest BCUT2D eigenvalue weighted by atomic mass is 9.95. The van der Waals surface area contributed by atoms with Crippen LogP contribution >= 0.6 is 23.4 Å². The van der Waals surface area contributed by atoms with Crippen molar-refractivity contribution in [1.29, 1.82) is 0 Å². The van der Waals surface area contributed by atoms with Crippen LogP contribution in [0.15, 0.2) is 77.0 Å². The van der Waals surface area contributed by atoms with Gasteiger partial charge in [-0.25, -0.2) is 5.43 Å². The van der Waals surface area contributed by atoms with Crippen LogP contribution in [0.25, 0.3) is 22.2 Å². The van der Waals surface area contributed by atoms with Crippen LogP contribution in [-0.2, 0) is 4.79 Å². The van der Waals surface area contributed by atoms with Gasteiger partial charge in [0.1, 0.15) is 0 Å². The van der Waals surface area contributed by atoms with E-state index in [1.165, 1.54) is 31.0 Å². The molecule has 0 bridgehead atoms. The standard InChI is InChI=1S/C27H26ClN5OS/c28-22-15-13-20(14-16-22)26-31-32-27(33(26)23-10-2-1-3-11-23)35-18-25(34)30-29-17-21-9-6-8-19-7-4-5-12-24(19)21/h4-9,12-17,23H,1-3,10-11,18H2,(H,30,34)/b29-17+. The molecule has 0 saturated heterocycles. The number of hydrogen-bond acceptors (Lipinski definition) is 5. The SMILES string of the molecule is O=C(CSc1nnc(-c2ccc(Cl)cc2)n1C1CCCCC1)N/N=C/c1cccc2ccccc12. The van der Waals surface area contributed by atoms with Crippen LogP contribution < -0.4 is 5.43 Å². The molecule has 1 saturated carbocycles. The van der Waals surface area contributed by atoms with Crippen molar-refractivity contribution in [2.45, 2.75) is 43.3 Å². The van der Waals surface area contributed by atoms with E-state index in [0.717, 1.165) is 45.7 Å². The predicted molar refractivity (Wildman–Crippen MR) is 143 cm³/mol. The van der Waals surface area contributed by atoms with Crippen LogP contribution in [0.1, 0.15) is 43.7 Å². The number of carbonyl (C=O) groups is 1. The van der Waals surface area contributed by atoms with E-state index >= 15 is 0 Å². The first-order valence-corrected chi connectivity index (χ1v) is 13.2. The second-order valence-corrected chi connectivity index (χ2v) is 10.0. The van der Waals surface area contributed by atoms with E-state index in [0.29, 0.717) is 11.1 Å². The summed E-state index contributed by atoms with van der Waals surface area (Å²) in [6.45, 7) is 0. The third-order valence-corrected chi connectivity index (χ3v) is 7.45. The number of hydrogen-bond donors (Lipinski definition) is 1. The molecule has 0 aliphatic heterocycles. The van der Waals surface area contributed by atoms with Gasteiger partial charge in [-0.15, -0.1) is 10.2 Å². The first-order valence-electron chi connectivity index (χ1n) is 11.8. The number of thioether (sulfide) groups is 1. The largest absolute Gasteiger partial charge is 0.299 e. The summed E-state index contributed by atoms with van der Waals surface area (Å²) in [6.07, 6.45) is 7.51. The van der Waals surface area contributed by atoms with Crippen LogP contribution in [-0.4, -0.2) is 32.6 Å². The van der Waals surface area contributed by atoms with E-state index in [4.69, 9.17) is 11.6 Å². The van der Waals surface area contributed by atoms with E-state index in [2.05, 4.69) is 37.4 Å². The summed E-state index contributed by atoms with van der Waals surface area (Å²) in [4.78, 5) is 12.6. The van der Waals surface area contributed by atoms with Crippen molar-refractivity contribution in [3.8, 4) is 11.4 Å². The monoisotopic (exact) mass is 503 g/mol. The highest BCUT2D eigenvalue weighted by atomic mass is 35.5. The van der Waals surface area contributed by atoms with E-state index in [1.54, 1.807) is 6.21 Å². The number of nitrogens with zero attached hydrogens (tertiary/aromatic N) is 4. The molecule has 1 aliphatic carbocycles. The fourth-order valence-electron chi connectivity index (χ4n) is 4.54. The molecule has 4 aromatic rings. The zero-order valence-corrected chi connectivity index (χ0v) is 20.8. The van der Waals surface area contributed by atoms with Crippen molar-refractivity contribution >= 4 is 46.3 Å². The van der Waals surface area contributed by atoms with Crippen molar-refractivity contribution in [3.63, 3.8) is 0 Å². The number of carbonyl (C=O) groups excluding carboxylic acids is 1. The molecule has 0 unspecified atom stereocenters. The minimum absolute atomic E-state index is 0.183. The van der Waals surface area contributed by atoms with Crippen molar-refractivity contribution in [2.24, 2.45) is 5.10 Å². The van der Waals surface area contributed by atoms with Gasteiger partial charge in [-0.05, 0) is 47.9 Å². The quantitative estimate of drug-likeness (QED) is 0.177. The summed E-state index contributed by atoms with van der Waals surface area (Å²) in [7, 11) is 0. The zero-order chi connectivity index (χ0) is 24.0. The van der Waals surface area contributed by atoms with Crippen LogP contribution in [0, 0.1) is 0 Å². The molecule has 178 valence electrons. The lowest BCUT2D eigenvalue weighted by Gasteiger charge is -2.25. The highest BCUT2D eigenvalue weighted by Gasteiger charge is 2.24. The maximum atomic E-state index is 12.6. The maximum absolute atomic E-state index is 12.6. The molecule has 0 spiro atoms. The van der Waals surface area contributed by atoms with Gasteiger partial charge < -0.3 is 0 Å². The minimum atomic E-state index is -0.183. The molecule has 1 aliphatic rings. The van der Waals surface area contributed by atoms with Crippen LogP contribution in [0.3, 0.4) is 0 Å². The number of fused-ring (bicyclic) bond motifs is 1. The van der Waals surface area contributed by atoms with Gasteiger partial charge in [0.2, 0.25) is 0 Å². The average Bonchev–Trinajstić information content (AvgIpc) is 3.32. The Labute approximate surface area is 213 Å². The second-order valence-electron chi connectivity index (χ2n) is 8.63. The summed E-state index contributed by atoms with van der Waals surface area (Å²) in [5.41, 5.74) is 4.58. The highest BCUT2D eigenvalue weighted by Crippen LogP contribution is 2.35. The third kappa shape index (κ3) is 5.57. The number of nitrogens with one attached hydrogen (secondary N) is 1. The molecule has 0 atom stereocenters. The summed E-state index contributed by atoms with van der Waals surface area (Å²) in [5, 5.41) is 16.8. The molecule has 35 heavy (non-hydrogen) atoms. The zero-order valence-electron chi connectivity index (χ0n) is 19.2. The number of amides is 1. The van der Waals surface area contributed by atoms with Gasteiger partial charge >= 0.3 is 0 Å². The molecular weight excluding hydrogens is 478 g/mol. The van der Waals surface area contributed by atoms with Gasteiger partial charge in [0.25, 0.3) is 5.91 Å². The molecule has 1 amide bonds. The van der Waals surface area contributed by atoms with Crippen LogP contribution in [0.4, 0.5) is 0 Å². The summed E-state index contributed by atoms with van der Waals surface area (Å²) in [5.74, 6) is 0.849. The molecule has 8 heteroatoms. The van der Waals surface area contributed by atoms with Crippen LogP contribution in [0.5, 0.6) is 0 Å². The van der Waals surface area contributed by atoms with Crippen molar-refractivity contribution in [3.05, 3.63) is 77.3 Å². The Morgan fingerprint density at radius 1 is 1.03 bits per heavy atom. The topological polar surface area (TPSA) is 72.2 Å². The van der Waals surface area contributed by atoms with Gasteiger partial charge in [-0.3, -0.25) is 9.36 Å². The van der Waals surface area contributed by atoms with Crippen molar-refractivity contribution in [2.75, 3.05) is 5.75 Å². The molecule has 1 aromatic heterocycles. The average molecular weight is 504 g/mol.